The van der Waals surface area contributed by atoms with Crippen LogP contribution in [0.5, 0.6) is 0 Å². The van der Waals surface area contributed by atoms with Crippen molar-refractivity contribution < 1.29 is 24.6 Å². The van der Waals surface area contributed by atoms with E-state index in [1.54, 1.807) is 0 Å². The van der Waals surface area contributed by atoms with Crippen LogP contribution in [0.2, 0.25) is 0 Å². The van der Waals surface area contributed by atoms with Gasteiger partial charge in [-0.2, -0.15) is 0 Å². The Bertz CT molecular complexity index is 279. The van der Waals surface area contributed by atoms with Crippen LogP contribution in [-0.4, -0.2) is 40.1 Å². The van der Waals surface area contributed by atoms with E-state index in [9.17, 15) is 14.4 Å². The first kappa shape index (κ1) is 14.4. The van der Waals surface area contributed by atoms with Gasteiger partial charge in [-0.15, -0.1) is 0 Å². The van der Waals surface area contributed by atoms with Crippen molar-refractivity contribution in [2.24, 2.45) is 5.73 Å². The Morgan fingerprint density at radius 3 is 2.25 bits per heavy atom. The molecular weight excluding hydrogens is 216 g/mol. The number of nitrogens with two attached hydrogens (primary N) is 1. The van der Waals surface area contributed by atoms with Crippen molar-refractivity contribution in [3.8, 4) is 0 Å². The minimum Gasteiger partial charge on any atom is -0.481 e. The molecule has 0 aromatic rings. The second kappa shape index (κ2) is 6.78. The molecule has 0 unspecified atom stereocenters. The maximum atomic E-state index is 11.3. The van der Waals surface area contributed by atoms with Gasteiger partial charge in [0.25, 0.3) is 0 Å². The van der Waals surface area contributed by atoms with Crippen LogP contribution in [-0.2, 0) is 14.4 Å². The molecule has 0 fully saturated rings. The summed E-state index contributed by atoms with van der Waals surface area (Å²) in [4.78, 5) is 32.3. The zero-order chi connectivity index (χ0) is 12.7. The molecule has 0 aliphatic heterocycles. The minimum absolute atomic E-state index is 0.422. The van der Waals surface area contributed by atoms with Gasteiger partial charge in [0.05, 0.1) is 12.5 Å². The number of aliphatic carboxylic acids is 2. The van der Waals surface area contributed by atoms with Crippen molar-refractivity contribution in [2.45, 2.75) is 38.3 Å². The second-order valence-corrected chi connectivity index (χ2v) is 3.39. The van der Waals surface area contributed by atoms with Crippen LogP contribution in [0.3, 0.4) is 0 Å². The molecule has 0 aromatic carbocycles. The molecule has 0 saturated heterocycles. The molecule has 1 amide bonds. The fraction of sp³-hybridized carbons (Fsp3) is 0.667. The summed E-state index contributed by atoms with van der Waals surface area (Å²) in [7, 11) is 0. The van der Waals surface area contributed by atoms with Crippen LogP contribution >= 0.6 is 0 Å². The summed E-state index contributed by atoms with van der Waals surface area (Å²) in [5.74, 6) is -3.33. The average Bonchev–Trinajstić information content (AvgIpc) is 2.16. The van der Waals surface area contributed by atoms with Crippen molar-refractivity contribution in [3.05, 3.63) is 0 Å². The van der Waals surface area contributed by atoms with Gasteiger partial charge in [0, 0.05) is 0 Å². The van der Waals surface area contributed by atoms with Crippen molar-refractivity contribution in [1.82, 2.24) is 5.32 Å². The van der Waals surface area contributed by atoms with Crippen LogP contribution in [0.15, 0.2) is 0 Å². The summed E-state index contributed by atoms with van der Waals surface area (Å²) in [6.07, 6.45) is 0.441. The number of carboxylic acids is 2. The molecule has 0 saturated carbocycles. The van der Waals surface area contributed by atoms with Gasteiger partial charge >= 0.3 is 11.9 Å². The lowest BCUT2D eigenvalue weighted by Gasteiger charge is -2.15. The van der Waals surface area contributed by atoms with Crippen molar-refractivity contribution in [3.63, 3.8) is 0 Å². The highest BCUT2D eigenvalue weighted by molar-refractivity contribution is 5.88. The lowest BCUT2D eigenvalue weighted by Crippen LogP contribution is -2.49. The van der Waals surface area contributed by atoms with E-state index < -0.39 is 36.4 Å². The summed E-state index contributed by atoms with van der Waals surface area (Å²) >= 11 is 0. The predicted molar refractivity (Wildman–Crippen MR) is 54.7 cm³/mol. The van der Waals surface area contributed by atoms with E-state index in [0.717, 1.165) is 0 Å². The Labute approximate surface area is 92.6 Å². The van der Waals surface area contributed by atoms with Gasteiger partial charge < -0.3 is 21.3 Å². The van der Waals surface area contributed by atoms with E-state index >= 15 is 0 Å². The molecule has 0 bridgehead atoms. The largest absolute Gasteiger partial charge is 0.481 e. The summed E-state index contributed by atoms with van der Waals surface area (Å²) in [5, 5.41) is 19.2. The number of carbonyl (C=O) groups is 3. The molecule has 0 aromatic heterocycles. The number of carbonyl (C=O) groups excluding carboxylic acids is 1. The molecule has 0 radical (unpaired) electrons. The number of amides is 1. The fourth-order valence-corrected chi connectivity index (χ4v) is 1.10. The molecule has 0 heterocycles. The Kier molecular flexibility index (Phi) is 6.09. The first-order chi connectivity index (χ1) is 7.38. The van der Waals surface area contributed by atoms with Crippen LogP contribution in [0.25, 0.3) is 0 Å². The van der Waals surface area contributed by atoms with Crippen molar-refractivity contribution in [2.75, 3.05) is 0 Å². The molecule has 2 atom stereocenters. The van der Waals surface area contributed by atoms with Crippen LogP contribution < -0.4 is 11.1 Å². The minimum atomic E-state index is -1.44. The standard InChI is InChI=1S/C9H16N2O5/c1-2-3-5(10)8(14)11-6(9(15)16)4-7(12)13/h5-6H,2-4,10H2,1H3,(H,11,14)(H,12,13)(H,15,16)/t5-,6-/m0/s1. The quantitative estimate of drug-likeness (QED) is 0.452. The third kappa shape index (κ3) is 5.30. The van der Waals surface area contributed by atoms with E-state index in [2.05, 4.69) is 5.32 Å². The number of rotatable bonds is 7. The number of nitrogens with one attached hydrogen (secondary N) is 1. The van der Waals surface area contributed by atoms with Crippen LogP contribution in [0.1, 0.15) is 26.2 Å². The highest BCUT2D eigenvalue weighted by Gasteiger charge is 2.25. The van der Waals surface area contributed by atoms with Gasteiger partial charge in [0.15, 0.2) is 0 Å². The summed E-state index contributed by atoms with van der Waals surface area (Å²) in [5.41, 5.74) is 5.45. The topological polar surface area (TPSA) is 130 Å². The zero-order valence-electron chi connectivity index (χ0n) is 8.97. The molecule has 16 heavy (non-hydrogen) atoms. The van der Waals surface area contributed by atoms with Gasteiger partial charge in [0.1, 0.15) is 6.04 Å². The van der Waals surface area contributed by atoms with Gasteiger partial charge in [-0.05, 0) is 6.42 Å². The Morgan fingerprint density at radius 1 is 1.31 bits per heavy atom. The third-order valence-corrected chi connectivity index (χ3v) is 1.93. The molecule has 92 valence electrons. The SMILES string of the molecule is CCC[C@H](N)C(=O)N[C@@H](CC(=O)O)C(=O)O. The second-order valence-electron chi connectivity index (χ2n) is 3.39. The van der Waals surface area contributed by atoms with Crippen molar-refractivity contribution in [1.29, 1.82) is 0 Å². The maximum absolute atomic E-state index is 11.3. The maximum Gasteiger partial charge on any atom is 0.326 e. The van der Waals surface area contributed by atoms with E-state index in [1.165, 1.54) is 0 Å². The average molecular weight is 232 g/mol. The molecule has 7 heteroatoms. The van der Waals surface area contributed by atoms with Gasteiger partial charge in [-0.3, -0.25) is 9.59 Å². The molecule has 0 spiro atoms. The van der Waals surface area contributed by atoms with E-state index in [-0.39, 0.29) is 0 Å². The molecule has 0 aliphatic carbocycles. The third-order valence-electron chi connectivity index (χ3n) is 1.93. The van der Waals surface area contributed by atoms with E-state index in [4.69, 9.17) is 15.9 Å². The molecule has 0 rings (SSSR count). The van der Waals surface area contributed by atoms with Crippen LogP contribution in [0, 0.1) is 0 Å². The summed E-state index contributed by atoms with van der Waals surface area (Å²) in [6, 6.07) is -2.24. The monoisotopic (exact) mass is 232 g/mol. The van der Waals surface area contributed by atoms with Gasteiger partial charge in [-0.25, -0.2) is 4.79 Å². The first-order valence-corrected chi connectivity index (χ1v) is 4.89. The van der Waals surface area contributed by atoms with Crippen molar-refractivity contribution >= 4 is 17.8 Å². The first-order valence-electron chi connectivity index (χ1n) is 4.89. The molecule has 0 aliphatic rings. The van der Waals surface area contributed by atoms with E-state index in [0.29, 0.717) is 12.8 Å². The summed E-state index contributed by atoms with van der Waals surface area (Å²) < 4.78 is 0. The lowest BCUT2D eigenvalue weighted by molar-refractivity contribution is -0.147. The highest BCUT2D eigenvalue weighted by Crippen LogP contribution is 1.97. The summed E-state index contributed by atoms with van der Waals surface area (Å²) in [6.45, 7) is 1.83. The molecular formula is C9H16N2O5. The predicted octanol–water partition coefficient (Wildman–Crippen LogP) is -0.842. The Morgan fingerprint density at radius 2 is 1.88 bits per heavy atom. The number of hydrogen-bond acceptors (Lipinski definition) is 4. The molecule has 5 N–H and O–H groups in total. The Hall–Kier alpha value is -1.63. The number of carboxylic acid groups (broad SMARTS) is 2. The normalized spacial score (nSPS) is 13.9. The van der Waals surface area contributed by atoms with E-state index in [1.807, 2.05) is 6.92 Å². The smallest absolute Gasteiger partial charge is 0.326 e. The van der Waals surface area contributed by atoms with Crippen LogP contribution in [0.4, 0.5) is 0 Å². The molecule has 7 nitrogen and oxygen atoms in total. The Balaban J connectivity index is 4.34. The highest BCUT2D eigenvalue weighted by atomic mass is 16.4. The van der Waals surface area contributed by atoms with Gasteiger partial charge in [0.2, 0.25) is 5.91 Å². The lowest BCUT2D eigenvalue weighted by atomic mass is 10.1. The zero-order valence-corrected chi connectivity index (χ0v) is 8.97. The number of hydrogen-bond donors (Lipinski definition) is 4. The van der Waals surface area contributed by atoms with Gasteiger partial charge in [-0.1, -0.05) is 13.3 Å². The fourth-order valence-electron chi connectivity index (χ4n) is 1.10.